The molecule has 1 aromatic rings. The molecule has 0 bridgehead atoms. The maximum atomic E-state index is 10.1. The summed E-state index contributed by atoms with van der Waals surface area (Å²) in [5, 5.41) is 10.1. The minimum Gasteiger partial charge on any atom is -0.496 e. The summed E-state index contributed by atoms with van der Waals surface area (Å²) in [4.78, 5) is 0. The highest BCUT2D eigenvalue weighted by Crippen LogP contribution is 2.29. The van der Waals surface area contributed by atoms with E-state index in [0.29, 0.717) is 0 Å². The van der Waals surface area contributed by atoms with E-state index in [1.54, 1.807) is 7.11 Å². The molecule has 0 saturated carbocycles. The maximum Gasteiger partial charge on any atom is 0.121 e. The molecule has 3 nitrogen and oxygen atoms in total. The van der Waals surface area contributed by atoms with Crippen LogP contribution < -0.4 is 4.74 Å². The average Bonchev–Trinajstić information content (AvgIpc) is 2.81. The minimum absolute atomic E-state index is 0.0483. The Hall–Kier alpha value is -1.06. The lowest BCUT2D eigenvalue weighted by Crippen LogP contribution is -2.17. The molecular weight excluding hydrogens is 204 g/mol. The van der Waals surface area contributed by atoms with Crippen molar-refractivity contribution in [2.45, 2.75) is 32.0 Å². The van der Waals surface area contributed by atoms with Crippen LogP contribution in [0.4, 0.5) is 0 Å². The summed E-state index contributed by atoms with van der Waals surface area (Å²) in [6.45, 7) is 2.74. The van der Waals surface area contributed by atoms with Gasteiger partial charge in [-0.1, -0.05) is 6.07 Å². The zero-order valence-electron chi connectivity index (χ0n) is 9.77. The van der Waals surface area contributed by atoms with E-state index in [9.17, 15) is 5.11 Å². The summed E-state index contributed by atoms with van der Waals surface area (Å²) < 4.78 is 10.7. The van der Waals surface area contributed by atoms with Gasteiger partial charge in [0.05, 0.1) is 13.2 Å². The van der Waals surface area contributed by atoms with Crippen LogP contribution in [-0.4, -0.2) is 24.9 Å². The van der Waals surface area contributed by atoms with E-state index < -0.39 is 6.10 Å². The summed E-state index contributed by atoms with van der Waals surface area (Å²) in [6.07, 6.45) is 1.41. The molecule has 1 saturated heterocycles. The van der Waals surface area contributed by atoms with Gasteiger partial charge in [-0.3, -0.25) is 0 Å². The molecule has 0 amide bonds. The Morgan fingerprint density at radius 2 is 2.31 bits per heavy atom. The van der Waals surface area contributed by atoms with Gasteiger partial charge >= 0.3 is 0 Å². The molecule has 1 N–H and O–H groups in total. The molecule has 0 aliphatic carbocycles. The highest BCUT2D eigenvalue weighted by Gasteiger charge is 2.25. The van der Waals surface area contributed by atoms with Crippen molar-refractivity contribution in [3.8, 4) is 5.75 Å². The second-order valence-corrected chi connectivity index (χ2v) is 4.23. The van der Waals surface area contributed by atoms with Gasteiger partial charge in [0.25, 0.3) is 0 Å². The van der Waals surface area contributed by atoms with Crippen LogP contribution in [0.2, 0.25) is 0 Å². The Bertz CT molecular complexity index is 356. The van der Waals surface area contributed by atoms with Crippen LogP contribution >= 0.6 is 0 Å². The van der Waals surface area contributed by atoms with E-state index in [0.717, 1.165) is 36.3 Å². The molecule has 2 unspecified atom stereocenters. The van der Waals surface area contributed by atoms with Gasteiger partial charge in [0.1, 0.15) is 11.9 Å². The minimum atomic E-state index is -0.521. The molecule has 1 heterocycles. The highest BCUT2D eigenvalue weighted by atomic mass is 16.5. The first kappa shape index (κ1) is 11.4. The normalized spacial score (nSPS) is 22.1. The van der Waals surface area contributed by atoms with Gasteiger partial charge in [0.2, 0.25) is 0 Å². The first-order chi connectivity index (χ1) is 7.72. The Balaban J connectivity index is 2.16. The lowest BCUT2D eigenvalue weighted by atomic mass is 10.0. The highest BCUT2D eigenvalue weighted by molar-refractivity contribution is 5.37. The number of rotatable bonds is 3. The first-order valence-corrected chi connectivity index (χ1v) is 5.66. The van der Waals surface area contributed by atoms with Gasteiger partial charge in [-0.2, -0.15) is 0 Å². The molecule has 1 aliphatic heterocycles. The third-order valence-corrected chi connectivity index (χ3v) is 3.08. The molecule has 1 aromatic carbocycles. The number of aryl methyl sites for hydroxylation is 1. The average molecular weight is 222 g/mol. The Morgan fingerprint density at radius 3 is 2.88 bits per heavy atom. The molecule has 1 fully saturated rings. The number of hydrogen-bond donors (Lipinski definition) is 1. The van der Waals surface area contributed by atoms with Crippen molar-refractivity contribution < 1.29 is 14.6 Å². The van der Waals surface area contributed by atoms with Crippen molar-refractivity contribution in [2.24, 2.45) is 0 Å². The molecule has 2 atom stereocenters. The Kier molecular flexibility index (Phi) is 3.46. The van der Waals surface area contributed by atoms with Crippen LogP contribution in [0.3, 0.4) is 0 Å². The predicted molar refractivity (Wildman–Crippen MR) is 61.7 cm³/mol. The van der Waals surface area contributed by atoms with Gasteiger partial charge in [-0.25, -0.2) is 0 Å². The lowest BCUT2D eigenvalue weighted by Gasteiger charge is -2.18. The van der Waals surface area contributed by atoms with E-state index >= 15 is 0 Å². The van der Waals surface area contributed by atoms with Crippen LogP contribution in [0.5, 0.6) is 5.75 Å². The number of methoxy groups -OCH3 is 1. The first-order valence-electron chi connectivity index (χ1n) is 5.66. The monoisotopic (exact) mass is 222 g/mol. The molecule has 16 heavy (non-hydrogen) atoms. The van der Waals surface area contributed by atoms with Crippen LogP contribution in [0.25, 0.3) is 0 Å². The molecule has 0 spiro atoms. The molecule has 0 aromatic heterocycles. The largest absolute Gasteiger partial charge is 0.496 e. The van der Waals surface area contributed by atoms with Gasteiger partial charge in [-0.05, 0) is 43.0 Å². The molecule has 2 rings (SSSR count). The number of hydrogen-bond acceptors (Lipinski definition) is 3. The van der Waals surface area contributed by atoms with Crippen LogP contribution in [0, 0.1) is 6.92 Å². The van der Waals surface area contributed by atoms with Crippen molar-refractivity contribution >= 4 is 0 Å². The van der Waals surface area contributed by atoms with E-state index in [2.05, 4.69) is 0 Å². The van der Waals surface area contributed by atoms with E-state index in [1.807, 2.05) is 25.1 Å². The Morgan fingerprint density at radius 1 is 1.50 bits per heavy atom. The van der Waals surface area contributed by atoms with Gasteiger partial charge < -0.3 is 14.6 Å². The second-order valence-electron chi connectivity index (χ2n) is 4.23. The van der Waals surface area contributed by atoms with Crippen LogP contribution in [-0.2, 0) is 4.74 Å². The van der Waals surface area contributed by atoms with Gasteiger partial charge in [-0.15, -0.1) is 0 Å². The number of aliphatic hydroxyl groups excluding tert-OH is 1. The summed E-state index contributed by atoms with van der Waals surface area (Å²) in [6, 6.07) is 5.76. The number of aliphatic hydroxyl groups is 1. The van der Waals surface area contributed by atoms with Crippen molar-refractivity contribution in [3.63, 3.8) is 0 Å². The Labute approximate surface area is 96.0 Å². The second kappa shape index (κ2) is 4.85. The number of ether oxygens (including phenoxy) is 2. The maximum absolute atomic E-state index is 10.1. The molecular formula is C13H18O3. The van der Waals surface area contributed by atoms with Gasteiger partial charge in [0.15, 0.2) is 0 Å². The summed E-state index contributed by atoms with van der Waals surface area (Å²) in [5.41, 5.74) is 1.95. The van der Waals surface area contributed by atoms with Crippen LogP contribution in [0.1, 0.15) is 30.1 Å². The fourth-order valence-corrected chi connectivity index (χ4v) is 2.15. The topological polar surface area (TPSA) is 38.7 Å². The SMILES string of the molecule is COc1ccc(C(O)C2CCCO2)cc1C. The summed E-state index contributed by atoms with van der Waals surface area (Å²) >= 11 is 0. The molecule has 1 aliphatic rings. The number of benzene rings is 1. The lowest BCUT2D eigenvalue weighted by molar-refractivity contribution is -0.00262. The van der Waals surface area contributed by atoms with Gasteiger partial charge in [0, 0.05) is 6.61 Å². The fourth-order valence-electron chi connectivity index (χ4n) is 2.15. The summed E-state index contributed by atoms with van der Waals surface area (Å²) in [5.74, 6) is 0.850. The predicted octanol–water partition coefficient (Wildman–Crippen LogP) is 2.22. The molecule has 3 heteroatoms. The third-order valence-electron chi connectivity index (χ3n) is 3.08. The van der Waals surface area contributed by atoms with E-state index in [4.69, 9.17) is 9.47 Å². The van der Waals surface area contributed by atoms with Crippen molar-refractivity contribution in [2.75, 3.05) is 13.7 Å². The van der Waals surface area contributed by atoms with Crippen molar-refractivity contribution in [3.05, 3.63) is 29.3 Å². The molecule has 0 radical (unpaired) electrons. The third kappa shape index (κ3) is 2.20. The van der Waals surface area contributed by atoms with E-state index in [1.165, 1.54) is 0 Å². The zero-order valence-corrected chi connectivity index (χ0v) is 9.77. The summed E-state index contributed by atoms with van der Waals surface area (Å²) in [7, 11) is 1.65. The van der Waals surface area contributed by atoms with E-state index in [-0.39, 0.29) is 6.10 Å². The fraction of sp³-hybridized carbons (Fsp3) is 0.538. The molecule has 88 valence electrons. The standard InChI is InChI=1S/C13H18O3/c1-9-8-10(5-6-11(9)15-2)13(14)12-4-3-7-16-12/h5-6,8,12-14H,3-4,7H2,1-2H3. The quantitative estimate of drug-likeness (QED) is 0.852. The smallest absolute Gasteiger partial charge is 0.121 e. The van der Waals surface area contributed by atoms with Crippen LogP contribution in [0.15, 0.2) is 18.2 Å². The van der Waals surface area contributed by atoms with Crippen molar-refractivity contribution in [1.82, 2.24) is 0 Å². The van der Waals surface area contributed by atoms with Crippen molar-refractivity contribution in [1.29, 1.82) is 0 Å². The zero-order chi connectivity index (χ0) is 11.5.